The van der Waals surface area contributed by atoms with Crippen molar-refractivity contribution in [1.29, 1.82) is 0 Å². The van der Waals surface area contributed by atoms with Crippen LogP contribution >= 0.6 is 24.0 Å². The molecule has 0 fully saturated rings. The molecule has 1 heterocycles. The lowest BCUT2D eigenvalue weighted by atomic mass is 10.0. The Morgan fingerprint density at radius 2 is 1.86 bits per heavy atom. The zero-order valence-electron chi connectivity index (χ0n) is 17.7. The smallest absolute Gasteiger partial charge is 0.191 e. The summed E-state index contributed by atoms with van der Waals surface area (Å²) in [6.45, 7) is 6.90. The number of likely N-dealkylation sites (N-methyl/N-ethyl adjacent to an activating group) is 1. The largest absolute Gasteiger partial charge is 0.355 e. The van der Waals surface area contributed by atoms with Crippen molar-refractivity contribution < 1.29 is 0 Å². The van der Waals surface area contributed by atoms with Crippen LogP contribution in [0.2, 0.25) is 0 Å². The molecule has 1 aromatic heterocycles. The van der Waals surface area contributed by atoms with Crippen molar-refractivity contribution in [3.8, 4) is 0 Å². The predicted octanol–water partition coefficient (Wildman–Crippen LogP) is 3.19. The van der Waals surface area contributed by atoms with Crippen LogP contribution in [-0.2, 0) is 13.1 Å². The van der Waals surface area contributed by atoms with Crippen molar-refractivity contribution >= 4 is 29.9 Å². The maximum atomic E-state index is 4.38. The quantitative estimate of drug-likeness (QED) is 0.317. The lowest BCUT2D eigenvalue weighted by molar-refractivity contribution is 0.254. The Kier molecular flexibility index (Phi) is 11.1. The second kappa shape index (κ2) is 12.8. The van der Waals surface area contributed by atoms with Gasteiger partial charge in [0.2, 0.25) is 0 Å². The second-order valence-corrected chi connectivity index (χ2v) is 7.53. The van der Waals surface area contributed by atoms with Crippen LogP contribution in [0.4, 0.5) is 0 Å². The van der Waals surface area contributed by atoms with Gasteiger partial charge in [-0.2, -0.15) is 5.10 Å². The Morgan fingerprint density at radius 1 is 1.14 bits per heavy atom. The highest BCUT2D eigenvalue weighted by molar-refractivity contribution is 14.0. The molecule has 156 valence electrons. The molecule has 0 saturated carbocycles. The zero-order chi connectivity index (χ0) is 19.6. The monoisotopic (exact) mass is 498 g/mol. The highest BCUT2D eigenvalue weighted by Gasteiger charge is 2.14. The molecule has 2 aromatic rings. The summed E-state index contributed by atoms with van der Waals surface area (Å²) in [5, 5.41) is 11.2. The third kappa shape index (κ3) is 8.18. The fourth-order valence-electron chi connectivity index (χ4n) is 3.09. The number of aliphatic imine (C=N–C) groups is 1. The van der Waals surface area contributed by atoms with Crippen LogP contribution in [0.3, 0.4) is 0 Å². The van der Waals surface area contributed by atoms with E-state index in [1.807, 2.05) is 30.2 Å². The van der Waals surface area contributed by atoms with Crippen molar-refractivity contribution in [3.05, 3.63) is 53.9 Å². The Bertz CT molecular complexity index is 697. The summed E-state index contributed by atoms with van der Waals surface area (Å²) >= 11 is 0. The number of aromatic nitrogens is 2. The van der Waals surface area contributed by atoms with E-state index in [0.29, 0.717) is 12.0 Å². The molecule has 0 aliphatic rings. The summed E-state index contributed by atoms with van der Waals surface area (Å²) in [4.78, 5) is 6.65. The topological polar surface area (TPSA) is 57.5 Å². The molecule has 1 aromatic carbocycles. The van der Waals surface area contributed by atoms with Gasteiger partial charge in [-0.3, -0.25) is 9.67 Å². The molecule has 0 saturated heterocycles. The summed E-state index contributed by atoms with van der Waals surface area (Å²) in [6, 6.07) is 10.9. The van der Waals surface area contributed by atoms with Crippen LogP contribution in [0.1, 0.15) is 31.4 Å². The summed E-state index contributed by atoms with van der Waals surface area (Å²) in [5.41, 5.74) is 2.51. The van der Waals surface area contributed by atoms with Gasteiger partial charge in [0, 0.05) is 38.6 Å². The average Bonchev–Trinajstić information content (AvgIpc) is 3.14. The van der Waals surface area contributed by atoms with E-state index in [1.54, 1.807) is 0 Å². The number of halogens is 1. The van der Waals surface area contributed by atoms with Gasteiger partial charge >= 0.3 is 0 Å². The summed E-state index contributed by atoms with van der Waals surface area (Å²) in [6.07, 6.45) is 4.95. The van der Waals surface area contributed by atoms with Gasteiger partial charge in [0.15, 0.2) is 5.96 Å². The number of nitrogens with one attached hydrogen (secondary N) is 2. The molecule has 7 heteroatoms. The number of guanidine groups is 1. The SMILES string of the molecule is CN=C(NCc1ccccc1Cn1cccn1)NCC(CC(C)C)N(C)C.I. The molecule has 1 unspecified atom stereocenters. The van der Waals surface area contributed by atoms with Crippen molar-refractivity contribution in [2.24, 2.45) is 10.9 Å². The molecule has 2 N–H and O–H groups in total. The maximum Gasteiger partial charge on any atom is 0.191 e. The summed E-state index contributed by atoms with van der Waals surface area (Å²) in [5.74, 6) is 1.50. The van der Waals surface area contributed by atoms with Gasteiger partial charge in [-0.05, 0) is 43.6 Å². The first-order chi connectivity index (χ1) is 13.0. The van der Waals surface area contributed by atoms with Crippen LogP contribution < -0.4 is 10.6 Å². The first-order valence-corrected chi connectivity index (χ1v) is 9.64. The molecule has 1 atom stereocenters. The molecule has 0 aliphatic heterocycles. The number of nitrogens with zero attached hydrogens (tertiary/aromatic N) is 4. The van der Waals surface area contributed by atoms with Gasteiger partial charge < -0.3 is 15.5 Å². The van der Waals surface area contributed by atoms with E-state index in [1.165, 1.54) is 11.1 Å². The van der Waals surface area contributed by atoms with Gasteiger partial charge in [-0.25, -0.2) is 0 Å². The van der Waals surface area contributed by atoms with Gasteiger partial charge in [0.25, 0.3) is 0 Å². The molecular formula is C21H35IN6. The number of hydrogen-bond acceptors (Lipinski definition) is 3. The standard InChI is InChI=1S/C21H34N6.HI/c1-17(2)13-20(26(4)5)15-24-21(22-3)23-14-18-9-6-7-10-19(18)16-27-12-8-11-25-27;/h6-12,17,20H,13-16H2,1-5H3,(H2,22,23,24);1H. The Labute approximate surface area is 186 Å². The fourth-order valence-corrected chi connectivity index (χ4v) is 3.09. The van der Waals surface area contributed by atoms with Crippen molar-refractivity contribution in [1.82, 2.24) is 25.3 Å². The minimum atomic E-state index is 0. The Hall–Kier alpha value is -1.61. The average molecular weight is 498 g/mol. The van der Waals surface area contributed by atoms with Gasteiger partial charge in [0.1, 0.15) is 0 Å². The predicted molar refractivity (Wildman–Crippen MR) is 128 cm³/mol. The molecule has 28 heavy (non-hydrogen) atoms. The molecule has 0 amide bonds. The molecule has 0 spiro atoms. The number of hydrogen-bond donors (Lipinski definition) is 2. The van der Waals surface area contributed by atoms with Gasteiger partial charge in [0.05, 0.1) is 6.54 Å². The van der Waals surface area contributed by atoms with Crippen LogP contribution in [0.25, 0.3) is 0 Å². The maximum absolute atomic E-state index is 4.38. The first-order valence-electron chi connectivity index (χ1n) is 9.64. The van der Waals surface area contributed by atoms with E-state index < -0.39 is 0 Å². The molecule has 6 nitrogen and oxygen atoms in total. The molecule has 0 bridgehead atoms. The number of rotatable bonds is 9. The van der Waals surface area contributed by atoms with Crippen LogP contribution in [0.15, 0.2) is 47.7 Å². The van der Waals surface area contributed by atoms with Crippen molar-refractivity contribution in [3.63, 3.8) is 0 Å². The van der Waals surface area contributed by atoms with E-state index in [9.17, 15) is 0 Å². The van der Waals surface area contributed by atoms with E-state index in [-0.39, 0.29) is 24.0 Å². The third-order valence-electron chi connectivity index (χ3n) is 4.66. The summed E-state index contributed by atoms with van der Waals surface area (Å²) < 4.78 is 1.94. The normalized spacial score (nSPS) is 12.8. The van der Waals surface area contributed by atoms with Gasteiger partial charge in [-0.1, -0.05) is 38.1 Å². The molecule has 0 radical (unpaired) electrons. The minimum Gasteiger partial charge on any atom is -0.355 e. The lowest BCUT2D eigenvalue weighted by Crippen LogP contribution is -2.45. The minimum absolute atomic E-state index is 0. The lowest BCUT2D eigenvalue weighted by Gasteiger charge is -2.27. The van der Waals surface area contributed by atoms with Crippen LogP contribution in [-0.4, -0.2) is 54.4 Å². The zero-order valence-corrected chi connectivity index (χ0v) is 20.1. The van der Waals surface area contributed by atoms with Crippen molar-refractivity contribution in [2.45, 2.75) is 39.4 Å². The van der Waals surface area contributed by atoms with Gasteiger partial charge in [-0.15, -0.1) is 24.0 Å². The van der Waals surface area contributed by atoms with Crippen LogP contribution in [0.5, 0.6) is 0 Å². The highest BCUT2D eigenvalue weighted by atomic mass is 127. The third-order valence-corrected chi connectivity index (χ3v) is 4.66. The van der Waals surface area contributed by atoms with E-state index in [2.05, 4.69) is 77.8 Å². The van der Waals surface area contributed by atoms with E-state index >= 15 is 0 Å². The second-order valence-electron chi connectivity index (χ2n) is 7.53. The highest BCUT2D eigenvalue weighted by Crippen LogP contribution is 2.11. The number of benzene rings is 1. The fraction of sp³-hybridized carbons (Fsp3) is 0.524. The van der Waals surface area contributed by atoms with Crippen LogP contribution in [0, 0.1) is 5.92 Å². The Balaban J connectivity index is 0.00000392. The Morgan fingerprint density at radius 3 is 2.43 bits per heavy atom. The molecule has 0 aliphatic carbocycles. The van der Waals surface area contributed by atoms with E-state index in [0.717, 1.165) is 32.0 Å². The summed E-state index contributed by atoms with van der Waals surface area (Å²) in [7, 11) is 6.09. The van der Waals surface area contributed by atoms with E-state index in [4.69, 9.17) is 0 Å². The molecule has 2 rings (SSSR count). The van der Waals surface area contributed by atoms with Crippen molar-refractivity contribution in [2.75, 3.05) is 27.7 Å². The molecular weight excluding hydrogens is 463 g/mol. The first kappa shape index (κ1) is 24.4.